The van der Waals surface area contributed by atoms with Crippen molar-refractivity contribution in [3.8, 4) is 22.6 Å². The number of esters is 1. The van der Waals surface area contributed by atoms with Gasteiger partial charge in [0.1, 0.15) is 5.69 Å². The minimum absolute atomic E-state index is 0.131. The predicted octanol–water partition coefficient (Wildman–Crippen LogP) is 6.12. The summed E-state index contributed by atoms with van der Waals surface area (Å²) in [5, 5.41) is 15.9. The summed E-state index contributed by atoms with van der Waals surface area (Å²) in [5.74, 6) is -0.640. The van der Waals surface area contributed by atoms with Crippen LogP contribution in [0, 0.1) is 10.1 Å². The van der Waals surface area contributed by atoms with Gasteiger partial charge in [-0.1, -0.05) is 48.5 Å². The van der Waals surface area contributed by atoms with Gasteiger partial charge < -0.3 is 14.5 Å². The maximum atomic E-state index is 13.2. The summed E-state index contributed by atoms with van der Waals surface area (Å²) in [7, 11) is 0. The van der Waals surface area contributed by atoms with E-state index in [2.05, 4.69) is 15.5 Å². The minimum atomic E-state index is -0.693. The fourth-order valence-electron chi connectivity index (χ4n) is 4.27. The van der Waals surface area contributed by atoms with Crippen molar-refractivity contribution >= 4 is 34.7 Å². The zero-order chi connectivity index (χ0) is 28.8. The first-order valence-electron chi connectivity index (χ1n) is 12.7. The van der Waals surface area contributed by atoms with Crippen molar-refractivity contribution in [2.75, 3.05) is 6.61 Å². The van der Waals surface area contributed by atoms with Gasteiger partial charge in [0.05, 0.1) is 23.3 Å². The van der Waals surface area contributed by atoms with Crippen molar-refractivity contribution in [2.45, 2.75) is 6.92 Å². The highest BCUT2D eigenvalue weighted by molar-refractivity contribution is 6.09. The van der Waals surface area contributed by atoms with Gasteiger partial charge in [0.2, 0.25) is 0 Å². The van der Waals surface area contributed by atoms with E-state index in [0.29, 0.717) is 23.6 Å². The molecule has 0 atom stereocenters. The largest absolute Gasteiger partial charge is 0.490 e. The molecule has 0 aliphatic rings. The molecule has 1 aromatic heterocycles. The number of carbonyl (C=O) groups excluding carboxylic acids is 2. The van der Waals surface area contributed by atoms with Crippen LogP contribution in [0.5, 0.6) is 11.5 Å². The van der Waals surface area contributed by atoms with Crippen LogP contribution in [0.15, 0.2) is 102 Å². The number of hydrogen-bond donors (Lipinski definition) is 2. The maximum absolute atomic E-state index is 13.2. The highest BCUT2D eigenvalue weighted by Gasteiger charge is 2.19. The monoisotopic (exact) mass is 548 g/mol. The number of amides is 1. The number of benzene rings is 4. The Labute approximate surface area is 234 Å². The van der Waals surface area contributed by atoms with Crippen molar-refractivity contribution < 1.29 is 24.0 Å². The Balaban J connectivity index is 1.33. The molecule has 0 fully saturated rings. The number of aromatic nitrogens is 1. The van der Waals surface area contributed by atoms with E-state index in [9.17, 15) is 19.7 Å². The lowest BCUT2D eigenvalue weighted by atomic mass is 10.0. The van der Waals surface area contributed by atoms with E-state index in [1.54, 1.807) is 25.1 Å². The molecule has 5 aromatic rings. The number of rotatable bonds is 9. The van der Waals surface area contributed by atoms with Crippen LogP contribution in [0.1, 0.15) is 33.3 Å². The second-order valence-corrected chi connectivity index (χ2v) is 8.82. The predicted molar refractivity (Wildman–Crippen MR) is 154 cm³/mol. The SMILES string of the molecule is CCOc1cc(C=NNC(=O)c2[nH]c3ccccc3c2-c2ccccc2)ccc1OC(=O)c1ccc([N+](=O)[O-])cc1. The zero-order valence-electron chi connectivity index (χ0n) is 21.9. The van der Waals surface area contributed by atoms with Crippen LogP contribution in [0.2, 0.25) is 0 Å². The van der Waals surface area contributed by atoms with Gasteiger partial charge in [0.15, 0.2) is 11.5 Å². The van der Waals surface area contributed by atoms with E-state index >= 15 is 0 Å². The molecule has 0 unspecified atom stereocenters. The van der Waals surface area contributed by atoms with Gasteiger partial charge in [0, 0.05) is 28.6 Å². The molecule has 10 nitrogen and oxygen atoms in total. The number of H-pyrrole nitrogens is 1. The molecule has 0 saturated heterocycles. The summed E-state index contributed by atoms with van der Waals surface area (Å²) in [6.45, 7) is 2.09. The summed E-state index contributed by atoms with van der Waals surface area (Å²) < 4.78 is 11.1. The fourth-order valence-corrected chi connectivity index (χ4v) is 4.27. The number of hydrogen-bond acceptors (Lipinski definition) is 7. The molecule has 41 heavy (non-hydrogen) atoms. The van der Waals surface area contributed by atoms with Crippen LogP contribution in [-0.2, 0) is 0 Å². The standard InChI is InChI=1S/C31H24N4O6/c1-2-40-27-18-20(12-17-26(27)41-31(37)22-13-15-23(16-14-22)35(38)39)19-32-34-30(36)29-28(21-8-4-3-5-9-21)24-10-6-7-11-25(24)33-29/h3-19,33H,2H2,1H3,(H,34,36). The molecule has 0 aliphatic carbocycles. The molecule has 0 aliphatic heterocycles. The Morgan fingerprint density at radius 2 is 1.68 bits per heavy atom. The topological polar surface area (TPSA) is 136 Å². The number of aromatic amines is 1. The molecule has 1 amide bonds. The maximum Gasteiger partial charge on any atom is 0.343 e. The van der Waals surface area contributed by atoms with E-state index < -0.39 is 16.8 Å². The molecule has 1 heterocycles. The van der Waals surface area contributed by atoms with Crippen molar-refractivity contribution in [1.29, 1.82) is 0 Å². The molecule has 10 heteroatoms. The summed E-state index contributed by atoms with van der Waals surface area (Å²) in [6.07, 6.45) is 1.45. The number of nitrogens with one attached hydrogen (secondary N) is 2. The Kier molecular flexibility index (Phi) is 7.82. The van der Waals surface area contributed by atoms with Crippen LogP contribution >= 0.6 is 0 Å². The normalized spacial score (nSPS) is 11.0. The number of nitrogens with zero attached hydrogens (tertiary/aromatic N) is 2. The van der Waals surface area contributed by atoms with E-state index in [1.165, 1.54) is 30.5 Å². The van der Waals surface area contributed by atoms with Crippen molar-refractivity contribution in [1.82, 2.24) is 10.4 Å². The van der Waals surface area contributed by atoms with Crippen LogP contribution in [0.4, 0.5) is 5.69 Å². The minimum Gasteiger partial charge on any atom is -0.490 e. The molecule has 0 saturated carbocycles. The van der Waals surface area contributed by atoms with E-state index in [4.69, 9.17) is 9.47 Å². The molecular formula is C31H24N4O6. The quantitative estimate of drug-likeness (QED) is 0.0748. The second kappa shape index (κ2) is 12.0. The van der Waals surface area contributed by atoms with E-state index in [-0.39, 0.29) is 17.0 Å². The Morgan fingerprint density at radius 3 is 2.41 bits per heavy atom. The third-order valence-electron chi connectivity index (χ3n) is 6.16. The van der Waals surface area contributed by atoms with E-state index in [1.807, 2.05) is 54.6 Å². The number of para-hydroxylation sites is 1. The molecule has 0 bridgehead atoms. The summed E-state index contributed by atoms with van der Waals surface area (Å²) in [6, 6.07) is 27.2. The molecule has 0 spiro atoms. The lowest BCUT2D eigenvalue weighted by molar-refractivity contribution is -0.384. The van der Waals surface area contributed by atoms with Crippen molar-refractivity contribution in [3.05, 3.63) is 124 Å². The number of carbonyl (C=O) groups is 2. The van der Waals surface area contributed by atoms with Crippen LogP contribution < -0.4 is 14.9 Å². The summed E-state index contributed by atoms with van der Waals surface area (Å²) >= 11 is 0. The van der Waals surface area contributed by atoms with Gasteiger partial charge in [0.25, 0.3) is 11.6 Å². The Hall–Kier alpha value is -5.77. The third-order valence-corrected chi connectivity index (χ3v) is 6.16. The number of nitro groups is 1. The number of nitro benzene ring substituents is 1. The highest BCUT2D eigenvalue weighted by atomic mass is 16.6. The Morgan fingerprint density at radius 1 is 0.951 bits per heavy atom. The van der Waals surface area contributed by atoms with Gasteiger partial charge in [-0.2, -0.15) is 5.10 Å². The average molecular weight is 549 g/mol. The smallest absolute Gasteiger partial charge is 0.343 e. The first kappa shape index (κ1) is 26.8. The van der Waals surface area contributed by atoms with Crippen LogP contribution in [0.25, 0.3) is 22.0 Å². The molecule has 0 radical (unpaired) electrons. The van der Waals surface area contributed by atoms with Gasteiger partial charge in [-0.3, -0.25) is 14.9 Å². The molecule has 204 valence electrons. The summed E-state index contributed by atoms with van der Waals surface area (Å²) in [5.41, 5.74) is 6.09. The number of hydrazone groups is 1. The van der Waals surface area contributed by atoms with Gasteiger partial charge in [-0.25, -0.2) is 10.2 Å². The third kappa shape index (κ3) is 5.96. The highest BCUT2D eigenvalue weighted by Crippen LogP contribution is 2.32. The van der Waals surface area contributed by atoms with Crippen LogP contribution in [0.3, 0.4) is 0 Å². The second-order valence-electron chi connectivity index (χ2n) is 8.82. The van der Waals surface area contributed by atoms with Crippen molar-refractivity contribution in [3.63, 3.8) is 0 Å². The first-order valence-corrected chi connectivity index (χ1v) is 12.7. The lowest BCUT2D eigenvalue weighted by Crippen LogP contribution is -2.18. The first-order chi connectivity index (χ1) is 19.9. The molecule has 2 N–H and O–H groups in total. The van der Waals surface area contributed by atoms with Gasteiger partial charge >= 0.3 is 5.97 Å². The average Bonchev–Trinajstić information content (AvgIpc) is 3.39. The fraction of sp³-hybridized carbons (Fsp3) is 0.0645. The number of non-ortho nitro benzene ring substituents is 1. The van der Waals surface area contributed by atoms with Crippen molar-refractivity contribution in [2.24, 2.45) is 5.10 Å². The van der Waals surface area contributed by atoms with E-state index in [0.717, 1.165) is 22.0 Å². The number of fused-ring (bicyclic) bond motifs is 1. The summed E-state index contributed by atoms with van der Waals surface area (Å²) in [4.78, 5) is 39.3. The zero-order valence-corrected chi connectivity index (χ0v) is 21.9. The Bertz CT molecular complexity index is 1760. The lowest BCUT2D eigenvalue weighted by Gasteiger charge is -2.11. The number of ether oxygens (including phenoxy) is 2. The molecule has 4 aromatic carbocycles. The molecule has 5 rings (SSSR count). The van der Waals surface area contributed by atoms with Gasteiger partial charge in [-0.15, -0.1) is 0 Å². The van der Waals surface area contributed by atoms with Gasteiger partial charge in [-0.05, 0) is 54.4 Å². The van der Waals surface area contributed by atoms with Crippen LogP contribution in [-0.4, -0.2) is 34.6 Å². The molecular weight excluding hydrogens is 524 g/mol.